The number of anilines is 1. The predicted octanol–water partition coefficient (Wildman–Crippen LogP) is 5.97. The lowest BCUT2D eigenvalue weighted by Gasteiger charge is -2.52. The van der Waals surface area contributed by atoms with Gasteiger partial charge in [-0.25, -0.2) is 0 Å². The Morgan fingerprint density at radius 3 is 2.37 bits per heavy atom. The second-order valence-electron chi connectivity index (χ2n) is 12.9. The summed E-state index contributed by atoms with van der Waals surface area (Å²) in [5, 5.41) is 13.5. The second-order valence-corrected chi connectivity index (χ2v) is 13.3. The van der Waals surface area contributed by atoms with Crippen LogP contribution in [-0.2, 0) is 25.5 Å². The van der Waals surface area contributed by atoms with Crippen molar-refractivity contribution in [2.24, 2.45) is 5.92 Å². The number of carboxylic acid groups (broad SMARTS) is 1. The van der Waals surface area contributed by atoms with Crippen molar-refractivity contribution in [1.82, 2.24) is 9.80 Å². The molecule has 1 unspecified atom stereocenters. The summed E-state index contributed by atoms with van der Waals surface area (Å²) in [5.74, 6) is -2.90. The fourth-order valence-corrected chi connectivity index (χ4v) is 7.54. The maximum Gasteiger partial charge on any atom is 0.306 e. The first-order chi connectivity index (χ1) is 22.1. The summed E-state index contributed by atoms with van der Waals surface area (Å²) < 4.78 is 18.6. The van der Waals surface area contributed by atoms with Crippen LogP contribution in [0.2, 0.25) is 5.02 Å². The Morgan fingerprint density at radius 1 is 1.00 bits per heavy atom. The van der Waals surface area contributed by atoms with Gasteiger partial charge in [-0.1, -0.05) is 35.9 Å². The van der Waals surface area contributed by atoms with Gasteiger partial charge in [-0.3, -0.25) is 24.2 Å². The number of carbonyl (C=O) groups excluding carboxylic acids is 2. The number of likely N-dealkylation sites (tertiary alicyclic amines) is 1. The SMILES string of the molecule is C[C@@H]1CN(C(O[C@H]2CC[C@H](C(=O)O)CC2)(C(=O)Cc2ccc(NC(=O)c3coc4ccccc34)c(Cl)c2)N2CCCC2)C[C@H](C)O1. The van der Waals surface area contributed by atoms with Crippen LogP contribution in [0.3, 0.4) is 0 Å². The van der Waals surface area contributed by atoms with Gasteiger partial charge < -0.3 is 24.3 Å². The zero-order valence-electron chi connectivity index (χ0n) is 26.4. The third-order valence-corrected chi connectivity index (χ3v) is 9.79. The lowest BCUT2D eigenvalue weighted by molar-refractivity contribution is -0.274. The third kappa shape index (κ3) is 6.73. The number of para-hydroxylation sites is 1. The topological polar surface area (TPSA) is 122 Å². The minimum atomic E-state index is -1.31. The molecule has 0 radical (unpaired) electrons. The van der Waals surface area contributed by atoms with E-state index >= 15 is 0 Å². The summed E-state index contributed by atoms with van der Waals surface area (Å²) in [4.78, 5) is 43.8. The molecule has 10 nitrogen and oxygen atoms in total. The Bertz CT molecular complexity index is 1570. The Morgan fingerprint density at radius 2 is 1.70 bits per heavy atom. The number of ketones is 1. The smallest absolute Gasteiger partial charge is 0.306 e. The predicted molar refractivity (Wildman–Crippen MR) is 174 cm³/mol. The van der Waals surface area contributed by atoms with E-state index in [-0.39, 0.29) is 42.3 Å². The molecule has 11 heteroatoms. The van der Waals surface area contributed by atoms with Crippen molar-refractivity contribution in [3.63, 3.8) is 0 Å². The highest BCUT2D eigenvalue weighted by atomic mass is 35.5. The number of hydrogen-bond acceptors (Lipinski definition) is 8. The van der Waals surface area contributed by atoms with Crippen molar-refractivity contribution in [3.8, 4) is 0 Å². The summed E-state index contributed by atoms with van der Waals surface area (Å²) >= 11 is 6.69. The van der Waals surface area contributed by atoms with Gasteiger partial charge in [-0.2, -0.15) is 0 Å². The monoisotopic (exact) mass is 651 g/mol. The number of ether oxygens (including phenoxy) is 2. The van der Waals surface area contributed by atoms with Gasteiger partial charge >= 0.3 is 5.97 Å². The minimum absolute atomic E-state index is 0.0708. The number of morpholine rings is 1. The molecule has 1 saturated carbocycles. The van der Waals surface area contributed by atoms with Gasteiger partial charge in [-0.15, -0.1) is 0 Å². The number of rotatable bonds is 10. The molecule has 3 fully saturated rings. The molecule has 1 amide bonds. The van der Waals surface area contributed by atoms with Crippen molar-refractivity contribution in [2.45, 2.75) is 83.0 Å². The van der Waals surface area contributed by atoms with Gasteiger partial charge in [0.15, 0.2) is 5.78 Å². The highest BCUT2D eigenvalue weighted by Gasteiger charge is 2.54. The number of hydrogen-bond donors (Lipinski definition) is 2. The van der Waals surface area contributed by atoms with E-state index in [1.54, 1.807) is 18.2 Å². The van der Waals surface area contributed by atoms with Crippen molar-refractivity contribution < 1.29 is 33.4 Å². The van der Waals surface area contributed by atoms with Crippen LogP contribution < -0.4 is 5.32 Å². The lowest BCUT2D eigenvalue weighted by atomic mass is 9.87. The molecule has 1 aromatic heterocycles. The van der Waals surface area contributed by atoms with Gasteiger partial charge in [0.1, 0.15) is 11.8 Å². The summed E-state index contributed by atoms with van der Waals surface area (Å²) in [6.07, 6.45) is 5.23. The minimum Gasteiger partial charge on any atom is -0.481 e. The molecular formula is C35H42ClN3O7. The first kappa shape index (κ1) is 32.7. The number of Topliss-reactive ketones (excluding diaryl/α,β-unsaturated/α-hetero) is 1. The standard InChI is InChI=1S/C35H42ClN3O7/c1-22-19-39(20-23(2)45-22)35(38-15-5-6-16-38,46-26-12-10-25(11-13-26)34(42)43)32(40)18-24-9-14-30(29(36)17-24)37-33(41)28-21-44-31-8-4-3-7-27(28)31/h3-4,7-9,14,17,21-23,25-26H,5-6,10-13,15-16,18-20H2,1-2H3,(H,37,41)(H,42,43)/t22-,23+,25-,26-,35?. The van der Waals surface area contributed by atoms with Gasteiger partial charge in [-0.05, 0) is 76.1 Å². The van der Waals surface area contributed by atoms with Crippen LogP contribution in [0.4, 0.5) is 5.69 Å². The highest BCUT2D eigenvalue weighted by molar-refractivity contribution is 6.34. The maximum atomic E-state index is 14.8. The van der Waals surface area contributed by atoms with Gasteiger partial charge in [0.25, 0.3) is 5.91 Å². The third-order valence-electron chi connectivity index (χ3n) is 9.47. The Labute approximate surface area is 273 Å². The Balaban J connectivity index is 1.26. The molecule has 2 aromatic carbocycles. The first-order valence-corrected chi connectivity index (χ1v) is 16.7. The molecule has 3 aromatic rings. The average molecular weight is 652 g/mol. The molecule has 2 N–H and O–H groups in total. The van der Waals surface area contributed by atoms with E-state index in [1.807, 2.05) is 38.1 Å². The number of carbonyl (C=O) groups is 3. The van der Waals surface area contributed by atoms with Crippen LogP contribution in [-0.4, -0.2) is 82.9 Å². The number of halogens is 1. The number of fused-ring (bicyclic) bond motifs is 1. The van der Waals surface area contributed by atoms with Crippen LogP contribution in [0.5, 0.6) is 0 Å². The van der Waals surface area contributed by atoms with E-state index in [0.29, 0.717) is 71.6 Å². The summed E-state index contributed by atoms with van der Waals surface area (Å²) in [6.45, 7) is 6.55. The fourth-order valence-electron chi connectivity index (χ4n) is 7.29. The first-order valence-electron chi connectivity index (χ1n) is 16.3. The number of nitrogens with zero attached hydrogens (tertiary/aromatic N) is 2. The number of nitrogens with one attached hydrogen (secondary N) is 1. The van der Waals surface area contributed by atoms with Crippen LogP contribution >= 0.6 is 11.6 Å². The fraction of sp³-hybridized carbons (Fsp3) is 0.514. The summed E-state index contributed by atoms with van der Waals surface area (Å²) in [7, 11) is 0. The molecular weight excluding hydrogens is 610 g/mol. The number of benzene rings is 2. The van der Waals surface area contributed by atoms with Crippen LogP contribution in [0, 0.1) is 5.92 Å². The zero-order valence-corrected chi connectivity index (χ0v) is 27.1. The van der Waals surface area contributed by atoms with Gasteiger partial charge in [0, 0.05) is 38.0 Å². The maximum absolute atomic E-state index is 14.8. The highest BCUT2D eigenvalue weighted by Crippen LogP contribution is 2.37. The summed E-state index contributed by atoms with van der Waals surface area (Å²) in [5.41, 5.74) is 2.17. The molecule has 1 aliphatic carbocycles. The van der Waals surface area contributed by atoms with Gasteiger partial charge in [0.2, 0.25) is 5.85 Å². The van der Waals surface area contributed by atoms with Crippen molar-refractivity contribution in [3.05, 3.63) is 64.9 Å². The normalized spacial score (nSPS) is 25.7. The molecule has 0 spiro atoms. The van der Waals surface area contributed by atoms with E-state index in [1.165, 1.54) is 6.26 Å². The zero-order chi connectivity index (χ0) is 32.4. The van der Waals surface area contributed by atoms with E-state index in [2.05, 4.69) is 15.1 Å². The molecule has 6 rings (SSSR count). The summed E-state index contributed by atoms with van der Waals surface area (Å²) in [6, 6.07) is 12.6. The van der Waals surface area contributed by atoms with Crippen LogP contribution in [0.15, 0.2) is 53.1 Å². The molecule has 2 aliphatic heterocycles. The van der Waals surface area contributed by atoms with E-state index in [4.69, 9.17) is 25.5 Å². The molecule has 46 heavy (non-hydrogen) atoms. The second kappa shape index (κ2) is 13.8. The average Bonchev–Trinajstić information content (AvgIpc) is 3.72. The lowest BCUT2D eigenvalue weighted by Crippen LogP contribution is -2.71. The van der Waals surface area contributed by atoms with E-state index < -0.39 is 11.8 Å². The Kier molecular flexibility index (Phi) is 9.82. The van der Waals surface area contributed by atoms with Crippen LogP contribution in [0.25, 0.3) is 11.0 Å². The quantitative estimate of drug-likeness (QED) is 0.273. The number of carboxylic acids is 1. The molecule has 3 heterocycles. The molecule has 3 atom stereocenters. The molecule has 246 valence electrons. The molecule has 3 aliphatic rings. The van der Waals surface area contributed by atoms with E-state index in [9.17, 15) is 19.5 Å². The van der Waals surface area contributed by atoms with E-state index in [0.717, 1.165) is 25.9 Å². The van der Waals surface area contributed by atoms with Crippen LogP contribution in [0.1, 0.15) is 68.3 Å². The Hall–Kier alpha value is -3.28. The molecule has 0 bridgehead atoms. The largest absolute Gasteiger partial charge is 0.481 e. The van der Waals surface area contributed by atoms with Crippen molar-refractivity contribution in [2.75, 3.05) is 31.5 Å². The van der Waals surface area contributed by atoms with Crippen molar-refractivity contribution >= 4 is 45.9 Å². The number of aliphatic carboxylic acids is 1. The molecule has 2 saturated heterocycles. The van der Waals surface area contributed by atoms with Gasteiger partial charge in [0.05, 0.1) is 40.5 Å². The van der Waals surface area contributed by atoms with Crippen molar-refractivity contribution in [1.29, 1.82) is 0 Å². The number of amides is 1. The number of furan rings is 1.